The Hall–Kier alpha value is -3.75. The Kier molecular flexibility index (Phi) is 5.42. The summed E-state index contributed by atoms with van der Waals surface area (Å²) < 4.78 is 31.5. The Labute approximate surface area is 170 Å². The molecule has 4 rings (SSSR count). The molecule has 3 heterocycles. The number of piperazine rings is 1. The quantitative estimate of drug-likeness (QED) is 0.712. The van der Waals surface area contributed by atoms with Crippen LogP contribution in [0.15, 0.2) is 59.3 Å². The van der Waals surface area contributed by atoms with Gasteiger partial charge in [0.15, 0.2) is 17.4 Å². The predicted molar refractivity (Wildman–Crippen MR) is 105 cm³/mol. The third-order valence-electron chi connectivity index (χ3n) is 4.81. The van der Waals surface area contributed by atoms with Crippen molar-refractivity contribution in [1.82, 2.24) is 9.88 Å². The third kappa shape index (κ3) is 4.14. The molecule has 9 heteroatoms. The Morgan fingerprint density at radius 1 is 1.00 bits per heavy atom. The summed E-state index contributed by atoms with van der Waals surface area (Å²) in [5, 5.41) is 2.60. The topological polar surface area (TPSA) is 78.7 Å². The van der Waals surface area contributed by atoms with Gasteiger partial charge >= 0.3 is 0 Å². The van der Waals surface area contributed by atoms with E-state index in [-0.39, 0.29) is 11.5 Å². The number of nitrogens with zero attached hydrogens (tertiary/aromatic N) is 3. The first kappa shape index (κ1) is 19.6. The maximum Gasteiger partial charge on any atom is 0.289 e. The van der Waals surface area contributed by atoms with E-state index in [1.165, 1.54) is 18.5 Å². The van der Waals surface area contributed by atoms with Gasteiger partial charge in [0.1, 0.15) is 5.82 Å². The van der Waals surface area contributed by atoms with Crippen molar-refractivity contribution in [3.8, 4) is 0 Å². The molecule has 7 nitrogen and oxygen atoms in total. The van der Waals surface area contributed by atoms with E-state index in [9.17, 15) is 18.4 Å². The molecule has 0 aliphatic carbocycles. The SMILES string of the molecule is O=C(Nc1ccc(N2CCN(C(=O)c3ccco3)CC2)nc1)c1ccc(F)c(F)c1. The monoisotopic (exact) mass is 412 g/mol. The summed E-state index contributed by atoms with van der Waals surface area (Å²) in [6.07, 6.45) is 2.97. The first-order chi connectivity index (χ1) is 14.5. The fourth-order valence-corrected chi connectivity index (χ4v) is 3.18. The lowest BCUT2D eigenvalue weighted by Gasteiger charge is -2.35. The summed E-state index contributed by atoms with van der Waals surface area (Å²) in [5.41, 5.74) is 0.440. The van der Waals surface area contributed by atoms with E-state index in [1.807, 2.05) is 4.90 Å². The van der Waals surface area contributed by atoms with Crippen LogP contribution in [0.1, 0.15) is 20.9 Å². The van der Waals surface area contributed by atoms with Crippen molar-refractivity contribution in [1.29, 1.82) is 0 Å². The number of hydrogen-bond acceptors (Lipinski definition) is 5. The van der Waals surface area contributed by atoms with Gasteiger partial charge in [0.05, 0.1) is 18.1 Å². The van der Waals surface area contributed by atoms with E-state index in [1.54, 1.807) is 29.2 Å². The number of carbonyl (C=O) groups is 2. The van der Waals surface area contributed by atoms with Crippen molar-refractivity contribution >= 4 is 23.3 Å². The van der Waals surface area contributed by atoms with Crippen LogP contribution in [-0.2, 0) is 0 Å². The molecular weight excluding hydrogens is 394 g/mol. The summed E-state index contributed by atoms with van der Waals surface area (Å²) in [7, 11) is 0. The Morgan fingerprint density at radius 3 is 2.43 bits per heavy atom. The fourth-order valence-electron chi connectivity index (χ4n) is 3.18. The molecule has 30 heavy (non-hydrogen) atoms. The summed E-state index contributed by atoms with van der Waals surface area (Å²) in [6.45, 7) is 2.30. The minimum Gasteiger partial charge on any atom is -0.459 e. The highest BCUT2D eigenvalue weighted by molar-refractivity contribution is 6.04. The molecule has 1 N–H and O–H groups in total. The molecule has 0 spiro atoms. The second-order valence-electron chi connectivity index (χ2n) is 6.74. The molecular formula is C21H18F2N4O3. The molecule has 1 fully saturated rings. The maximum absolute atomic E-state index is 13.3. The zero-order valence-electron chi connectivity index (χ0n) is 15.8. The van der Waals surface area contributed by atoms with Crippen LogP contribution in [0.4, 0.5) is 20.3 Å². The molecule has 1 aliphatic heterocycles. The molecule has 1 aromatic carbocycles. The van der Waals surface area contributed by atoms with Gasteiger partial charge < -0.3 is 19.5 Å². The van der Waals surface area contributed by atoms with Gasteiger partial charge in [0.2, 0.25) is 0 Å². The van der Waals surface area contributed by atoms with Crippen LogP contribution < -0.4 is 10.2 Å². The van der Waals surface area contributed by atoms with Crippen molar-refractivity contribution in [2.24, 2.45) is 0 Å². The first-order valence-electron chi connectivity index (χ1n) is 9.31. The number of furan rings is 1. The lowest BCUT2D eigenvalue weighted by atomic mass is 10.2. The van der Waals surface area contributed by atoms with Crippen LogP contribution in [0.25, 0.3) is 0 Å². The average molecular weight is 412 g/mol. The molecule has 0 saturated carbocycles. The minimum atomic E-state index is -1.08. The summed E-state index contributed by atoms with van der Waals surface area (Å²) in [5.74, 6) is -1.76. The second kappa shape index (κ2) is 8.32. The Bertz CT molecular complexity index is 1050. The van der Waals surface area contributed by atoms with Gasteiger partial charge in [-0.05, 0) is 42.5 Å². The smallest absolute Gasteiger partial charge is 0.289 e. The van der Waals surface area contributed by atoms with Gasteiger partial charge in [-0.2, -0.15) is 0 Å². The van der Waals surface area contributed by atoms with Crippen LogP contribution in [0, 0.1) is 11.6 Å². The highest BCUT2D eigenvalue weighted by Crippen LogP contribution is 2.18. The minimum absolute atomic E-state index is 0.00956. The molecule has 154 valence electrons. The molecule has 0 bridgehead atoms. The third-order valence-corrected chi connectivity index (χ3v) is 4.81. The standard InChI is InChI=1S/C21H18F2N4O3/c22-16-5-3-14(12-17(16)23)20(28)25-15-4-6-19(24-13-15)26-7-9-27(10-8-26)21(29)18-2-1-11-30-18/h1-6,11-13H,7-10H2,(H,25,28). The number of nitrogens with one attached hydrogen (secondary N) is 1. The van der Waals surface area contributed by atoms with Gasteiger partial charge in [-0.15, -0.1) is 0 Å². The molecule has 0 unspecified atom stereocenters. The number of hydrogen-bond donors (Lipinski definition) is 1. The van der Waals surface area contributed by atoms with Gasteiger partial charge in [0.25, 0.3) is 11.8 Å². The zero-order valence-corrected chi connectivity index (χ0v) is 15.8. The van der Waals surface area contributed by atoms with E-state index < -0.39 is 17.5 Å². The van der Waals surface area contributed by atoms with Crippen LogP contribution in [-0.4, -0.2) is 47.9 Å². The number of aromatic nitrogens is 1. The van der Waals surface area contributed by atoms with Crippen molar-refractivity contribution < 1.29 is 22.8 Å². The van der Waals surface area contributed by atoms with Crippen molar-refractivity contribution in [3.63, 3.8) is 0 Å². The number of carbonyl (C=O) groups excluding carboxylic acids is 2. The highest BCUT2D eigenvalue weighted by atomic mass is 19.2. The Balaban J connectivity index is 1.34. The zero-order chi connectivity index (χ0) is 21.1. The van der Waals surface area contributed by atoms with E-state index in [0.717, 1.165) is 12.1 Å². The number of pyridine rings is 1. The van der Waals surface area contributed by atoms with Crippen molar-refractivity contribution in [2.75, 3.05) is 36.4 Å². The summed E-state index contributed by atoms with van der Waals surface area (Å²) in [6, 6.07) is 9.71. The van der Waals surface area contributed by atoms with E-state index in [4.69, 9.17) is 4.42 Å². The normalized spacial score (nSPS) is 13.9. The first-order valence-corrected chi connectivity index (χ1v) is 9.31. The van der Waals surface area contributed by atoms with E-state index in [2.05, 4.69) is 10.3 Å². The van der Waals surface area contributed by atoms with E-state index >= 15 is 0 Å². The lowest BCUT2D eigenvalue weighted by Crippen LogP contribution is -2.49. The molecule has 1 aliphatic rings. The highest BCUT2D eigenvalue weighted by Gasteiger charge is 2.24. The molecule has 0 radical (unpaired) electrons. The number of anilines is 2. The summed E-state index contributed by atoms with van der Waals surface area (Å²) >= 11 is 0. The predicted octanol–water partition coefficient (Wildman–Crippen LogP) is 3.17. The van der Waals surface area contributed by atoms with Gasteiger partial charge in [-0.1, -0.05) is 0 Å². The van der Waals surface area contributed by atoms with Crippen LogP contribution in [0.2, 0.25) is 0 Å². The van der Waals surface area contributed by atoms with Crippen LogP contribution in [0.3, 0.4) is 0 Å². The fraction of sp³-hybridized carbons (Fsp3) is 0.190. The van der Waals surface area contributed by atoms with Crippen molar-refractivity contribution in [2.45, 2.75) is 0 Å². The number of amides is 2. The van der Waals surface area contributed by atoms with Gasteiger partial charge in [-0.3, -0.25) is 9.59 Å². The van der Waals surface area contributed by atoms with E-state index in [0.29, 0.717) is 43.4 Å². The van der Waals surface area contributed by atoms with Gasteiger partial charge in [0, 0.05) is 31.7 Å². The second-order valence-corrected chi connectivity index (χ2v) is 6.74. The number of benzene rings is 1. The largest absolute Gasteiger partial charge is 0.459 e. The maximum atomic E-state index is 13.3. The number of rotatable bonds is 4. The molecule has 3 aromatic rings. The van der Waals surface area contributed by atoms with Crippen molar-refractivity contribution in [3.05, 3.63) is 77.9 Å². The van der Waals surface area contributed by atoms with Crippen LogP contribution in [0.5, 0.6) is 0 Å². The molecule has 1 saturated heterocycles. The van der Waals surface area contributed by atoms with Gasteiger partial charge in [-0.25, -0.2) is 13.8 Å². The number of halogens is 2. The molecule has 2 aromatic heterocycles. The average Bonchev–Trinajstić information content (AvgIpc) is 3.31. The van der Waals surface area contributed by atoms with Crippen LogP contribution >= 0.6 is 0 Å². The molecule has 2 amide bonds. The Morgan fingerprint density at radius 2 is 1.80 bits per heavy atom. The summed E-state index contributed by atoms with van der Waals surface area (Å²) in [4.78, 5) is 32.6. The molecule has 0 atom stereocenters. The lowest BCUT2D eigenvalue weighted by molar-refractivity contribution is 0.0714.